The van der Waals surface area contributed by atoms with E-state index in [-0.39, 0.29) is 104 Å². The van der Waals surface area contributed by atoms with Crippen LogP contribution in [0.5, 0.6) is 17.2 Å². The number of aliphatic hydroxyl groups excluding tert-OH is 1. The number of carboxylic acid groups (broad SMARTS) is 1. The summed E-state index contributed by atoms with van der Waals surface area (Å²) >= 11 is 0. The molecule has 81 heavy (non-hydrogen) atoms. The molecule has 4 N–H and O–H groups in total. The number of aromatic carboxylic acids is 1. The summed E-state index contributed by atoms with van der Waals surface area (Å²) in [4.78, 5) is 124. The van der Waals surface area contributed by atoms with E-state index in [0.717, 1.165) is 32.8 Å². The molecule has 30 nitrogen and oxygen atoms in total. The highest BCUT2D eigenvalue weighted by molar-refractivity contribution is 6.06. The van der Waals surface area contributed by atoms with Crippen LogP contribution in [0.3, 0.4) is 0 Å². The van der Waals surface area contributed by atoms with Gasteiger partial charge in [-0.25, -0.2) is 24.1 Å². The van der Waals surface area contributed by atoms with E-state index in [0.29, 0.717) is 5.57 Å². The summed E-state index contributed by atoms with van der Waals surface area (Å²) in [5, 5.41) is 31.2. The predicted octanol–water partition coefficient (Wildman–Crippen LogP) is 1.97. The maximum absolute atomic E-state index is 14.5. The second kappa shape index (κ2) is 27.5. The molecule has 4 amide bonds. The third-order valence-corrected chi connectivity index (χ3v) is 11.8. The number of esters is 4. The number of aryl methyl sites for hydroxylation is 1. The molecule has 0 spiro atoms. The quantitative estimate of drug-likeness (QED) is 0.0347. The Labute approximate surface area is 462 Å². The molecule has 0 radical (unpaired) electrons. The number of nitrogens with one attached hydrogen (secondary N) is 2. The minimum absolute atomic E-state index is 0.00431. The minimum atomic E-state index is -1.89. The molecule has 2 saturated heterocycles. The van der Waals surface area contributed by atoms with Gasteiger partial charge >= 0.3 is 42.0 Å². The summed E-state index contributed by atoms with van der Waals surface area (Å²) in [6.07, 6.45) is -11.0. The number of carbonyl (C=O) groups excluding carboxylic acids is 8. The number of nitrogens with zero attached hydrogens (tertiary/aromatic N) is 5. The van der Waals surface area contributed by atoms with Crippen LogP contribution >= 0.6 is 0 Å². The fourth-order valence-corrected chi connectivity index (χ4v) is 8.50. The number of hydrogen-bond acceptors (Lipinski definition) is 24. The first-order valence-electron chi connectivity index (χ1n) is 25.0. The van der Waals surface area contributed by atoms with Crippen LogP contribution in [0.1, 0.15) is 91.2 Å². The first kappa shape index (κ1) is 61.6. The smallest absolute Gasteiger partial charge is 0.431 e. The fourth-order valence-electron chi connectivity index (χ4n) is 8.50. The van der Waals surface area contributed by atoms with Gasteiger partial charge in [0.2, 0.25) is 12.4 Å². The number of carboxylic acids is 1. The van der Waals surface area contributed by atoms with Gasteiger partial charge in [-0.2, -0.15) is 5.48 Å². The average molecular weight is 1140 g/mol. The summed E-state index contributed by atoms with van der Waals surface area (Å²) in [6, 6.07) is 5.56. The van der Waals surface area contributed by atoms with E-state index in [4.69, 9.17) is 56.9 Å². The number of amides is 4. The van der Waals surface area contributed by atoms with Crippen molar-refractivity contribution < 1.29 is 110 Å². The molecule has 4 heterocycles. The highest BCUT2D eigenvalue weighted by atomic mass is 16.7. The molecule has 7 atom stereocenters. The van der Waals surface area contributed by atoms with Crippen molar-refractivity contribution in [3.05, 3.63) is 71.1 Å². The summed E-state index contributed by atoms with van der Waals surface area (Å²) in [5.41, 5.74) is 1.37. The summed E-state index contributed by atoms with van der Waals surface area (Å²) < 4.78 is 62.7. The van der Waals surface area contributed by atoms with E-state index in [1.807, 2.05) is 0 Å². The first-order valence-corrected chi connectivity index (χ1v) is 25.0. The molecular formula is C51H63N7O23. The van der Waals surface area contributed by atoms with Crippen molar-refractivity contribution in [2.24, 2.45) is 0 Å². The number of anilines is 1. The average Bonchev–Trinajstić information content (AvgIpc) is 4.18. The van der Waals surface area contributed by atoms with E-state index in [9.17, 15) is 53.4 Å². The zero-order chi connectivity index (χ0) is 59.3. The molecule has 2 aromatic carbocycles. The number of hydroxylamine groups is 1. The normalized spacial score (nSPS) is 20.3. The molecule has 1 unspecified atom stereocenters. The number of rotatable bonds is 23. The van der Waals surface area contributed by atoms with Gasteiger partial charge in [0, 0.05) is 52.9 Å². The third-order valence-electron chi connectivity index (χ3n) is 11.8. The molecule has 0 saturated carbocycles. The van der Waals surface area contributed by atoms with Gasteiger partial charge in [0.15, 0.2) is 41.7 Å². The highest BCUT2D eigenvalue weighted by Crippen LogP contribution is 2.42. The fraction of sp³-hybridized carbons (Fsp3) is 0.510. The maximum Gasteiger partial charge on any atom is 0.431 e. The number of methoxy groups -OCH3 is 2. The lowest BCUT2D eigenvalue weighted by Gasteiger charge is -2.43. The molecule has 6 rings (SSSR count). The number of hydrogen-bond donors (Lipinski definition) is 4. The molecule has 0 bridgehead atoms. The van der Waals surface area contributed by atoms with Crippen molar-refractivity contribution in [1.82, 2.24) is 30.7 Å². The maximum atomic E-state index is 14.5. The van der Waals surface area contributed by atoms with Gasteiger partial charge in [-0.05, 0) is 51.0 Å². The van der Waals surface area contributed by atoms with Crippen LogP contribution in [-0.4, -0.2) is 186 Å². The number of ether oxygens (including phenoxy) is 11. The number of carbonyl (C=O) groups is 9. The highest BCUT2D eigenvalue weighted by Gasteiger charge is 2.56. The zero-order valence-corrected chi connectivity index (χ0v) is 45.5. The largest absolute Gasteiger partial charge is 0.493 e. The Morgan fingerprint density at radius 3 is 2.23 bits per heavy atom. The minimum Gasteiger partial charge on any atom is -0.493 e. The van der Waals surface area contributed by atoms with E-state index < -0.39 is 109 Å². The van der Waals surface area contributed by atoms with E-state index >= 15 is 0 Å². The molecule has 1 aromatic heterocycles. The molecule has 2 fully saturated rings. The van der Waals surface area contributed by atoms with Gasteiger partial charge in [0.05, 0.1) is 69.7 Å². The van der Waals surface area contributed by atoms with Gasteiger partial charge in [0.25, 0.3) is 11.8 Å². The van der Waals surface area contributed by atoms with E-state index in [1.165, 1.54) is 53.2 Å². The Bertz CT molecular complexity index is 2850. The van der Waals surface area contributed by atoms with Crippen LogP contribution < -0.4 is 29.9 Å². The van der Waals surface area contributed by atoms with Crippen LogP contribution in [0.25, 0.3) is 0 Å². The number of aliphatic hydroxyl groups is 1. The Morgan fingerprint density at radius 2 is 1.58 bits per heavy atom. The Morgan fingerprint density at radius 1 is 0.877 bits per heavy atom. The predicted molar refractivity (Wildman–Crippen MR) is 270 cm³/mol. The molecule has 30 heteroatoms. The summed E-state index contributed by atoms with van der Waals surface area (Å²) in [7, 11) is 2.34. The van der Waals surface area contributed by atoms with E-state index in [2.05, 4.69) is 27.7 Å². The standard InChI is InChI=1S/C51H63N7O23/c1-26-19-35-45(64)58(34-22-38(37(70-8)21-31(34)44(63)57(35)23-26)73-15-10-14-56-24-33(46(65)66)53-55-56)50(69)74-25-30-11-12-36(32(20-30)43(62)52-13-16-72-17-18-75-54-49(68)81-51(5,6)7)79-48-42(78-29(4)61)40(77-28(3)60)39(76-27(2)59)41(80-48)47(67)71-9/h11-12,20-22,24,35,39-42,45,48,64H,1,10,13-19,23,25H2,2-9H3,(H,52,62)(H,54,68)(H,65,66)/t35-,39-,40-,41-,42+,45?,48+/m0/s1. The van der Waals surface area contributed by atoms with Crippen molar-refractivity contribution in [1.29, 1.82) is 0 Å². The lowest BCUT2D eigenvalue weighted by atomic mass is 9.97. The first-order chi connectivity index (χ1) is 38.4. The van der Waals surface area contributed by atoms with Gasteiger partial charge in [-0.3, -0.25) is 33.5 Å². The summed E-state index contributed by atoms with van der Waals surface area (Å²) in [5.74, 6) is -6.79. The van der Waals surface area contributed by atoms with Crippen LogP contribution in [0, 0.1) is 0 Å². The Balaban J connectivity index is 1.28. The lowest BCUT2D eigenvalue weighted by Crippen LogP contribution is -2.64. The third kappa shape index (κ3) is 16.3. The summed E-state index contributed by atoms with van der Waals surface area (Å²) in [6.45, 7) is 11.3. The van der Waals surface area contributed by atoms with Crippen LogP contribution in [-0.2, 0) is 75.1 Å². The van der Waals surface area contributed by atoms with Gasteiger partial charge < -0.3 is 72.5 Å². The molecule has 0 aliphatic carbocycles. The van der Waals surface area contributed by atoms with Gasteiger partial charge in [-0.15, -0.1) is 5.10 Å². The number of fused-ring (bicyclic) bond motifs is 2. The van der Waals surface area contributed by atoms with Crippen LogP contribution in [0.15, 0.2) is 48.7 Å². The molecule has 3 aliphatic rings. The van der Waals surface area contributed by atoms with E-state index in [1.54, 1.807) is 20.8 Å². The SMILES string of the molecule is C=C1C[C@H]2C(O)N(C(=O)OCc3ccc(O[C@@H]4O[C@H](C(=O)OC)[C@@H](OC(C)=O)[C@H](OC(C)=O)[C@H]4OC(C)=O)c(C(=O)NCCOCCONC(=O)OC(C)(C)C)c3)c3cc(OCCCn4cc(C(=O)O)nn4)c(OC)cc3C(=O)N2C1. The molecule has 3 aromatic rings. The van der Waals surface area contributed by atoms with Crippen molar-refractivity contribution >= 4 is 59.5 Å². The Kier molecular flexibility index (Phi) is 20.9. The van der Waals surface area contributed by atoms with Gasteiger partial charge in [0.1, 0.15) is 18.0 Å². The molecule has 3 aliphatic heterocycles. The number of benzene rings is 2. The van der Waals surface area contributed by atoms with Crippen LogP contribution in [0.2, 0.25) is 0 Å². The van der Waals surface area contributed by atoms with Crippen molar-refractivity contribution in [3.8, 4) is 17.2 Å². The lowest BCUT2D eigenvalue weighted by molar-refractivity contribution is -0.282. The van der Waals surface area contributed by atoms with Crippen molar-refractivity contribution in [2.75, 3.05) is 58.6 Å². The Hall–Kier alpha value is -8.61. The molecular weight excluding hydrogens is 1080 g/mol. The molecule has 440 valence electrons. The van der Waals surface area contributed by atoms with Crippen molar-refractivity contribution in [2.45, 2.75) is 116 Å². The van der Waals surface area contributed by atoms with Gasteiger partial charge in [-0.1, -0.05) is 23.4 Å². The monoisotopic (exact) mass is 1140 g/mol. The number of aromatic nitrogens is 3. The van der Waals surface area contributed by atoms with Crippen LogP contribution in [0.4, 0.5) is 15.3 Å². The van der Waals surface area contributed by atoms with Crippen molar-refractivity contribution in [3.63, 3.8) is 0 Å². The topological polar surface area (TPSA) is 366 Å². The second-order valence-corrected chi connectivity index (χ2v) is 19.1. The zero-order valence-electron chi connectivity index (χ0n) is 45.5. The second-order valence-electron chi connectivity index (χ2n) is 19.1.